The average Bonchev–Trinajstić information content (AvgIpc) is 3.15. The topological polar surface area (TPSA) is 116 Å². The third-order valence-corrected chi connectivity index (χ3v) is 5.12. The molecule has 0 bridgehead atoms. The number of benzene rings is 2. The van der Waals surface area contributed by atoms with Crippen molar-refractivity contribution in [2.45, 2.75) is 32.8 Å². The molecule has 170 valence electrons. The van der Waals surface area contributed by atoms with Crippen molar-refractivity contribution in [2.75, 3.05) is 11.9 Å². The van der Waals surface area contributed by atoms with Gasteiger partial charge in [-0.2, -0.15) is 0 Å². The first-order chi connectivity index (χ1) is 15.7. The highest BCUT2D eigenvalue weighted by atomic mass is 16.6. The van der Waals surface area contributed by atoms with E-state index >= 15 is 0 Å². The normalized spacial score (nSPS) is 11.5. The largest absolute Gasteiger partial charge is 0.444 e. The fraction of sp³-hybridized carbons (Fsp3) is 0.240. The fourth-order valence-electron chi connectivity index (χ4n) is 3.62. The van der Waals surface area contributed by atoms with Gasteiger partial charge in [0.25, 0.3) is 5.91 Å². The van der Waals surface area contributed by atoms with Gasteiger partial charge in [0, 0.05) is 46.4 Å². The summed E-state index contributed by atoms with van der Waals surface area (Å²) >= 11 is 0. The van der Waals surface area contributed by atoms with Gasteiger partial charge in [-0.25, -0.2) is 4.79 Å². The number of para-hydroxylation sites is 1. The van der Waals surface area contributed by atoms with Crippen LogP contribution < -0.4 is 16.1 Å². The lowest BCUT2D eigenvalue weighted by Crippen LogP contribution is -2.33. The van der Waals surface area contributed by atoms with Gasteiger partial charge >= 0.3 is 6.09 Å². The summed E-state index contributed by atoms with van der Waals surface area (Å²) in [6.45, 7) is 5.89. The van der Waals surface area contributed by atoms with Crippen molar-refractivity contribution in [2.24, 2.45) is 0 Å². The molecule has 0 saturated carbocycles. The Morgan fingerprint density at radius 1 is 0.970 bits per heavy atom. The highest BCUT2D eigenvalue weighted by molar-refractivity contribution is 6.06. The number of hydrogen-bond acceptors (Lipinski definition) is 4. The third kappa shape index (κ3) is 5.06. The number of fused-ring (bicyclic) bond motifs is 2. The lowest BCUT2D eigenvalue weighted by atomic mass is 10.1. The number of alkyl carbamates (subject to hydrolysis) is 1. The highest BCUT2D eigenvalue weighted by Crippen LogP contribution is 2.23. The van der Waals surface area contributed by atoms with Crippen molar-refractivity contribution >= 4 is 39.5 Å². The zero-order valence-electron chi connectivity index (χ0n) is 18.7. The molecule has 33 heavy (non-hydrogen) atoms. The van der Waals surface area contributed by atoms with Crippen LogP contribution >= 0.6 is 0 Å². The molecule has 0 unspecified atom stereocenters. The van der Waals surface area contributed by atoms with E-state index in [0.29, 0.717) is 29.6 Å². The molecule has 2 amide bonds. The van der Waals surface area contributed by atoms with E-state index in [9.17, 15) is 14.4 Å². The molecule has 0 atom stereocenters. The van der Waals surface area contributed by atoms with E-state index in [2.05, 4.69) is 20.6 Å². The number of aromatic amines is 2. The summed E-state index contributed by atoms with van der Waals surface area (Å²) < 4.78 is 5.24. The Kier molecular flexibility index (Phi) is 5.91. The number of carbonyl (C=O) groups excluding carboxylic acids is 2. The summed E-state index contributed by atoms with van der Waals surface area (Å²) in [7, 11) is 0. The lowest BCUT2D eigenvalue weighted by molar-refractivity contribution is 0.0528. The minimum absolute atomic E-state index is 0.0502. The standard InChI is InChI=1S/C25H26N4O4/c1-25(2,3)33-24(32)26-11-10-15-13-27-21-12-16(8-9-17(15)21)29-23(31)19-14-28-20-7-5-4-6-18(20)22(19)30/h4-9,12-14,27H,10-11H2,1-3H3,(H,26,32)(H,28,30)(H,29,31). The molecule has 0 radical (unpaired) electrons. The van der Waals surface area contributed by atoms with Crippen molar-refractivity contribution < 1.29 is 14.3 Å². The summed E-state index contributed by atoms with van der Waals surface area (Å²) in [6, 6.07) is 12.6. The average molecular weight is 447 g/mol. The molecular formula is C25H26N4O4. The summed E-state index contributed by atoms with van der Waals surface area (Å²) in [6.07, 6.45) is 3.48. The second-order valence-electron chi connectivity index (χ2n) is 8.78. The van der Waals surface area contributed by atoms with Gasteiger partial charge in [-0.1, -0.05) is 18.2 Å². The molecule has 2 heterocycles. The Hall–Kier alpha value is -4.07. The Bertz CT molecular complexity index is 1400. The molecule has 0 fully saturated rings. The van der Waals surface area contributed by atoms with Crippen LogP contribution in [0.5, 0.6) is 0 Å². The number of nitrogens with one attached hydrogen (secondary N) is 4. The SMILES string of the molecule is CC(C)(C)OC(=O)NCCc1c[nH]c2cc(NC(=O)c3c[nH]c4ccccc4c3=O)ccc12. The molecular weight excluding hydrogens is 420 g/mol. The van der Waals surface area contributed by atoms with Crippen LogP contribution in [0.1, 0.15) is 36.7 Å². The van der Waals surface area contributed by atoms with E-state index in [-0.39, 0.29) is 11.0 Å². The second-order valence-corrected chi connectivity index (χ2v) is 8.78. The zero-order chi connectivity index (χ0) is 23.6. The van der Waals surface area contributed by atoms with Gasteiger partial charge in [-0.15, -0.1) is 0 Å². The monoisotopic (exact) mass is 446 g/mol. The minimum Gasteiger partial charge on any atom is -0.444 e. The van der Waals surface area contributed by atoms with Crippen LogP contribution in [-0.2, 0) is 11.2 Å². The first-order valence-electron chi connectivity index (χ1n) is 10.7. The van der Waals surface area contributed by atoms with E-state index in [0.717, 1.165) is 16.5 Å². The molecule has 2 aromatic carbocycles. The molecule has 0 saturated heterocycles. The summed E-state index contributed by atoms with van der Waals surface area (Å²) in [4.78, 5) is 43.4. The molecule has 4 rings (SSSR count). The molecule has 4 N–H and O–H groups in total. The third-order valence-electron chi connectivity index (χ3n) is 5.12. The molecule has 8 nitrogen and oxygen atoms in total. The van der Waals surface area contributed by atoms with Gasteiger partial charge < -0.3 is 25.3 Å². The highest BCUT2D eigenvalue weighted by Gasteiger charge is 2.16. The molecule has 0 aliphatic rings. The van der Waals surface area contributed by atoms with E-state index in [1.807, 2.05) is 45.2 Å². The maximum absolute atomic E-state index is 12.7. The van der Waals surface area contributed by atoms with Crippen LogP contribution in [0.25, 0.3) is 21.8 Å². The van der Waals surface area contributed by atoms with Crippen LogP contribution in [-0.4, -0.2) is 34.1 Å². The maximum atomic E-state index is 12.7. The molecule has 8 heteroatoms. The number of amides is 2. The van der Waals surface area contributed by atoms with Crippen molar-refractivity contribution in [3.05, 3.63) is 76.2 Å². The lowest BCUT2D eigenvalue weighted by Gasteiger charge is -2.19. The first kappa shape index (κ1) is 22.1. The van der Waals surface area contributed by atoms with Gasteiger partial charge in [0.05, 0.1) is 0 Å². The number of anilines is 1. The number of H-pyrrole nitrogens is 2. The molecule has 0 aliphatic heterocycles. The Morgan fingerprint density at radius 3 is 2.52 bits per heavy atom. The maximum Gasteiger partial charge on any atom is 0.407 e. The number of ether oxygens (including phenoxy) is 1. The van der Waals surface area contributed by atoms with Crippen molar-refractivity contribution in [3.63, 3.8) is 0 Å². The Balaban J connectivity index is 1.44. The molecule has 0 spiro atoms. The van der Waals surface area contributed by atoms with E-state index in [1.54, 1.807) is 24.3 Å². The molecule has 4 aromatic rings. The van der Waals surface area contributed by atoms with E-state index < -0.39 is 17.6 Å². The predicted octanol–water partition coefficient (Wildman–Crippen LogP) is 4.33. The van der Waals surface area contributed by atoms with Crippen molar-refractivity contribution in [3.8, 4) is 0 Å². The first-order valence-corrected chi connectivity index (χ1v) is 10.7. The van der Waals surface area contributed by atoms with Crippen LogP contribution in [0.3, 0.4) is 0 Å². The van der Waals surface area contributed by atoms with Crippen molar-refractivity contribution in [1.82, 2.24) is 15.3 Å². The van der Waals surface area contributed by atoms with Gasteiger partial charge in [0.2, 0.25) is 5.43 Å². The number of rotatable bonds is 5. The van der Waals surface area contributed by atoms with Gasteiger partial charge in [-0.05, 0) is 57.0 Å². The van der Waals surface area contributed by atoms with Gasteiger partial charge in [-0.3, -0.25) is 9.59 Å². The number of aromatic nitrogens is 2. The fourth-order valence-corrected chi connectivity index (χ4v) is 3.62. The van der Waals surface area contributed by atoms with Crippen LogP contribution in [0, 0.1) is 0 Å². The molecule has 2 aromatic heterocycles. The van der Waals surface area contributed by atoms with Gasteiger partial charge in [0.1, 0.15) is 11.2 Å². The number of hydrogen-bond donors (Lipinski definition) is 4. The van der Waals surface area contributed by atoms with E-state index in [1.165, 1.54) is 6.20 Å². The smallest absolute Gasteiger partial charge is 0.407 e. The zero-order valence-corrected chi connectivity index (χ0v) is 18.7. The quantitative estimate of drug-likeness (QED) is 0.365. The molecule has 0 aliphatic carbocycles. The Morgan fingerprint density at radius 2 is 1.73 bits per heavy atom. The van der Waals surface area contributed by atoms with E-state index in [4.69, 9.17) is 4.74 Å². The summed E-state index contributed by atoms with van der Waals surface area (Å²) in [5.74, 6) is -0.477. The minimum atomic E-state index is -0.538. The number of pyridine rings is 1. The van der Waals surface area contributed by atoms with Crippen LogP contribution in [0.4, 0.5) is 10.5 Å². The van der Waals surface area contributed by atoms with Gasteiger partial charge in [0.15, 0.2) is 0 Å². The summed E-state index contributed by atoms with van der Waals surface area (Å²) in [5.41, 5.74) is 2.32. The van der Waals surface area contributed by atoms with Crippen LogP contribution in [0.2, 0.25) is 0 Å². The second kappa shape index (κ2) is 8.82. The summed E-state index contributed by atoms with van der Waals surface area (Å²) in [5, 5.41) is 7.00. The predicted molar refractivity (Wildman–Crippen MR) is 129 cm³/mol. The Labute approximate surface area is 190 Å². The number of carbonyl (C=O) groups is 2. The van der Waals surface area contributed by atoms with Crippen molar-refractivity contribution in [1.29, 1.82) is 0 Å². The van der Waals surface area contributed by atoms with Crippen LogP contribution in [0.15, 0.2) is 59.7 Å².